The molecule has 1 aromatic heterocycles. The largest absolute Gasteiger partial charge is 0.288 e. The predicted molar refractivity (Wildman–Crippen MR) is 84.1 cm³/mol. The Morgan fingerprint density at radius 3 is 2.28 bits per heavy atom. The van der Waals surface area contributed by atoms with Crippen LogP contribution < -0.4 is 0 Å². The molecule has 0 amide bonds. The molecular weight excluding hydrogens is 399 g/mol. The van der Waals surface area contributed by atoms with Crippen molar-refractivity contribution in [3.05, 3.63) is 53.0 Å². The van der Waals surface area contributed by atoms with Gasteiger partial charge in [-0.1, -0.05) is 11.6 Å². The Hall–Kier alpha value is -0.160. The van der Waals surface area contributed by atoms with Gasteiger partial charge in [-0.25, -0.2) is 0 Å². The second kappa shape index (κ2) is 5.45. The SMILES string of the molecule is Cc1cc(Cl)c(C(=O)c2cc(Br)sc2Br)cc1C. The maximum absolute atomic E-state index is 12.4. The fourth-order valence-corrected chi connectivity index (χ4v) is 4.69. The molecule has 0 unspecified atom stereocenters. The minimum absolute atomic E-state index is 0.0584. The first-order valence-corrected chi connectivity index (χ1v) is 7.94. The average molecular weight is 409 g/mol. The summed E-state index contributed by atoms with van der Waals surface area (Å²) >= 11 is 14.4. The maximum atomic E-state index is 12.4. The van der Waals surface area contributed by atoms with Crippen LogP contribution in [0.3, 0.4) is 0 Å². The predicted octanol–water partition coefficient (Wildman–Crippen LogP) is 5.77. The fraction of sp³-hybridized carbons (Fsp3) is 0.154. The normalized spacial score (nSPS) is 10.7. The Labute approximate surface area is 131 Å². The molecule has 0 saturated heterocycles. The molecule has 1 heterocycles. The number of benzene rings is 1. The summed E-state index contributed by atoms with van der Waals surface area (Å²) in [6.07, 6.45) is 0. The van der Waals surface area contributed by atoms with E-state index in [0.29, 0.717) is 16.1 Å². The van der Waals surface area contributed by atoms with Crippen molar-refractivity contribution in [1.29, 1.82) is 0 Å². The van der Waals surface area contributed by atoms with E-state index in [0.717, 1.165) is 18.7 Å². The molecular formula is C13H9Br2ClOS. The number of hydrogen-bond acceptors (Lipinski definition) is 2. The summed E-state index contributed by atoms with van der Waals surface area (Å²) in [7, 11) is 0. The molecule has 0 aliphatic rings. The molecule has 2 rings (SSSR count). The minimum Gasteiger partial charge on any atom is -0.288 e. The zero-order valence-corrected chi connectivity index (χ0v) is 14.4. The molecule has 1 nitrogen and oxygen atoms in total. The third kappa shape index (κ3) is 2.72. The first kappa shape index (κ1) is 14.3. The first-order valence-electron chi connectivity index (χ1n) is 5.16. The smallest absolute Gasteiger partial charge is 0.196 e. The van der Waals surface area contributed by atoms with Gasteiger partial charge in [0.05, 0.1) is 12.6 Å². The van der Waals surface area contributed by atoms with Crippen LogP contribution in [-0.2, 0) is 0 Å². The van der Waals surface area contributed by atoms with Crippen molar-refractivity contribution in [3.8, 4) is 0 Å². The van der Waals surface area contributed by atoms with E-state index in [9.17, 15) is 4.79 Å². The number of ketones is 1. The van der Waals surface area contributed by atoms with Gasteiger partial charge in [0.2, 0.25) is 0 Å². The minimum atomic E-state index is -0.0584. The lowest BCUT2D eigenvalue weighted by molar-refractivity contribution is 0.103. The molecule has 0 fully saturated rings. The van der Waals surface area contributed by atoms with E-state index in [-0.39, 0.29) is 5.78 Å². The van der Waals surface area contributed by atoms with Crippen LogP contribution in [0.1, 0.15) is 27.0 Å². The van der Waals surface area contributed by atoms with Crippen LogP contribution >= 0.6 is 54.8 Å². The summed E-state index contributed by atoms with van der Waals surface area (Å²) < 4.78 is 1.73. The number of rotatable bonds is 2. The molecule has 0 radical (unpaired) electrons. The Bertz CT molecular complexity index is 634. The fourth-order valence-electron chi connectivity index (χ4n) is 1.60. The van der Waals surface area contributed by atoms with Crippen LogP contribution in [0.2, 0.25) is 5.02 Å². The highest BCUT2D eigenvalue weighted by Crippen LogP contribution is 2.34. The van der Waals surface area contributed by atoms with Crippen molar-refractivity contribution in [1.82, 2.24) is 0 Å². The van der Waals surface area contributed by atoms with Crippen molar-refractivity contribution < 1.29 is 4.79 Å². The third-order valence-electron chi connectivity index (χ3n) is 2.73. The third-order valence-corrected chi connectivity index (χ3v) is 5.38. The number of carbonyl (C=O) groups is 1. The van der Waals surface area contributed by atoms with Crippen LogP contribution in [0.15, 0.2) is 25.8 Å². The Balaban J connectivity index is 2.53. The molecule has 0 aliphatic heterocycles. The van der Waals surface area contributed by atoms with Gasteiger partial charge in [0.25, 0.3) is 0 Å². The lowest BCUT2D eigenvalue weighted by Crippen LogP contribution is -2.02. The van der Waals surface area contributed by atoms with Gasteiger partial charge < -0.3 is 0 Å². The number of halogens is 3. The molecule has 18 heavy (non-hydrogen) atoms. The van der Waals surface area contributed by atoms with Crippen molar-refractivity contribution in [2.75, 3.05) is 0 Å². The van der Waals surface area contributed by atoms with Crippen LogP contribution in [-0.4, -0.2) is 5.78 Å². The van der Waals surface area contributed by atoms with Gasteiger partial charge in [-0.3, -0.25) is 4.79 Å². The summed E-state index contributed by atoms with van der Waals surface area (Å²) in [6, 6.07) is 5.49. The number of aryl methyl sites for hydroxylation is 2. The van der Waals surface area contributed by atoms with E-state index in [2.05, 4.69) is 31.9 Å². The van der Waals surface area contributed by atoms with Gasteiger partial charge >= 0.3 is 0 Å². The van der Waals surface area contributed by atoms with E-state index in [1.165, 1.54) is 11.3 Å². The van der Waals surface area contributed by atoms with E-state index in [1.54, 1.807) is 0 Å². The van der Waals surface area contributed by atoms with Gasteiger partial charge in [0, 0.05) is 11.1 Å². The molecule has 0 atom stereocenters. The summed E-state index contributed by atoms with van der Waals surface area (Å²) in [5, 5.41) is 0.498. The van der Waals surface area contributed by atoms with Gasteiger partial charge in [-0.05, 0) is 75.0 Å². The van der Waals surface area contributed by atoms with Crippen molar-refractivity contribution in [3.63, 3.8) is 0 Å². The number of hydrogen-bond donors (Lipinski definition) is 0. The number of thiophene rings is 1. The molecule has 2 aromatic rings. The average Bonchev–Trinajstić information content (AvgIpc) is 2.62. The Kier molecular flexibility index (Phi) is 4.32. The maximum Gasteiger partial charge on any atom is 0.196 e. The van der Waals surface area contributed by atoms with Crippen molar-refractivity contribution in [2.24, 2.45) is 0 Å². The quantitative estimate of drug-likeness (QED) is 0.576. The molecule has 0 spiro atoms. The molecule has 0 bridgehead atoms. The van der Waals surface area contributed by atoms with Gasteiger partial charge in [0.1, 0.15) is 0 Å². The summed E-state index contributed by atoms with van der Waals surface area (Å²) in [5.74, 6) is -0.0584. The highest BCUT2D eigenvalue weighted by molar-refractivity contribution is 9.12. The lowest BCUT2D eigenvalue weighted by Gasteiger charge is -2.07. The van der Waals surface area contributed by atoms with E-state index in [4.69, 9.17) is 11.6 Å². The zero-order chi connectivity index (χ0) is 13.4. The second-order valence-corrected chi connectivity index (χ2v) is 8.14. The van der Waals surface area contributed by atoms with E-state index >= 15 is 0 Å². The Morgan fingerprint density at radius 1 is 1.11 bits per heavy atom. The zero-order valence-electron chi connectivity index (χ0n) is 9.68. The topological polar surface area (TPSA) is 17.1 Å². The van der Waals surface area contributed by atoms with Crippen LogP contribution in [0.5, 0.6) is 0 Å². The standard InChI is InChI=1S/C13H9Br2ClOS/c1-6-3-8(10(16)4-7(6)2)12(17)9-5-11(14)18-13(9)15/h3-5H,1-2H3. The summed E-state index contributed by atoms with van der Waals surface area (Å²) in [5.41, 5.74) is 3.33. The second-order valence-electron chi connectivity index (χ2n) is 3.98. The highest BCUT2D eigenvalue weighted by atomic mass is 79.9. The van der Waals surface area contributed by atoms with Crippen molar-refractivity contribution in [2.45, 2.75) is 13.8 Å². The van der Waals surface area contributed by atoms with Crippen molar-refractivity contribution >= 4 is 60.6 Å². The number of carbonyl (C=O) groups excluding carboxylic acids is 1. The van der Waals surface area contributed by atoms with Gasteiger partial charge in [-0.2, -0.15) is 0 Å². The van der Waals surface area contributed by atoms with Crippen LogP contribution in [0, 0.1) is 13.8 Å². The molecule has 0 saturated carbocycles. The van der Waals surface area contributed by atoms with E-state index in [1.807, 2.05) is 32.0 Å². The summed E-state index contributed by atoms with van der Waals surface area (Å²) in [4.78, 5) is 12.4. The Morgan fingerprint density at radius 2 is 1.72 bits per heavy atom. The van der Waals surface area contributed by atoms with Crippen LogP contribution in [0.4, 0.5) is 0 Å². The highest BCUT2D eigenvalue weighted by Gasteiger charge is 2.18. The van der Waals surface area contributed by atoms with E-state index < -0.39 is 0 Å². The van der Waals surface area contributed by atoms with Gasteiger partial charge in [-0.15, -0.1) is 11.3 Å². The molecule has 94 valence electrons. The monoisotopic (exact) mass is 406 g/mol. The van der Waals surface area contributed by atoms with Crippen LogP contribution in [0.25, 0.3) is 0 Å². The molecule has 0 aliphatic carbocycles. The molecule has 0 N–H and O–H groups in total. The molecule has 5 heteroatoms. The summed E-state index contributed by atoms with van der Waals surface area (Å²) in [6.45, 7) is 3.95. The van der Waals surface area contributed by atoms with Gasteiger partial charge in [0.15, 0.2) is 5.78 Å². The lowest BCUT2D eigenvalue weighted by atomic mass is 10.0. The molecule has 1 aromatic carbocycles. The first-order chi connectivity index (χ1) is 8.40.